The molecule has 1 fully saturated rings. The van der Waals surface area contributed by atoms with Gasteiger partial charge in [0.1, 0.15) is 0 Å². The smallest absolute Gasteiger partial charge is 0.322 e. The maximum atomic E-state index is 12.3. The number of halogens is 1. The molecule has 108 valence electrons. The molecule has 0 aromatic heterocycles. The van der Waals surface area contributed by atoms with Crippen LogP contribution in [0.4, 0.5) is 10.5 Å². The lowest BCUT2D eigenvalue weighted by Crippen LogP contribution is -2.29. The summed E-state index contributed by atoms with van der Waals surface area (Å²) < 4.78 is 1.07. The minimum atomic E-state index is -0.0371. The fourth-order valence-corrected chi connectivity index (χ4v) is 3.19. The van der Waals surface area contributed by atoms with Gasteiger partial charge in [-0.1, -0.05) is 40.2 Å². The monoisotopic (exact) mass is 344 g/mol. The lowest BCUT2D eigenvalue weighted by atomic mass is 10.0. The van der Waals surface area contributed by atoms with Crippen LogP contribution in [0, 0.1) is 13.8 Å². The second kappa shape index (κ2) is 5.53. The van der Waals surface area contributed by atoms with E-state index in [1.807, 2.05) is 48.2 Å². The van der Waals surface area contributed by atoms with Gasteiger partial charge in [-0.05, 0) is 48.7 Å². The van der Waals surface area contributed by atoms with Crippen molar-refractivity contribution in [1.82, 2.24) is 5.32 Å². The van der Waals surface area contributed by atoms with Crippen LogP contribution >= 0.6 is 15.9 Å². The molecule has 0 radical (unpaired) electrons. The first-order valence-electron chi connectivity index (χ1n) is 6.96. The van der Waals surface area contributed by atoms with E-state index in [1.165, 1.54) is 11.1 Å². The number of anilines is 1. The van der Waals surface area contributed by atoms with E-state index >= 15 is 0 Å². The molecule has 1 heterocycles. The molecule has 2 aromatic carbocycles. The number of carbonyl (C=O) groups is 1. The Hall–Kier alpha value is -1.81. The van der Waals surface area contributed by atoms with Crippen LogP contribution in [-0.2, 0) is 0 Å². The van der Waals surface area contributed by atoms with Crippen LogP contribution in [0.15, 0.2) is 46.9 Å². The van der Waals surface area contributed by atoms with Crippen LogP contribution in [0.1, 0.15) is 22.7 Å². The normalized spacial score (nSPS) is 18.0. The van der Waals surface area contributed by atoms with Crippen molar-refractivity contribution in [3.05, 3.63) is 63.6 Å². The van der Waals surface area contributed by atoms with E-state index in [2.05, 4.69) is 34.2 Å². The zero-order valence-electron chi connectivity index (χ0n) is 12.1. The van der Waals surface area contributed by atoms with Gasteiger partial charge in [-0.25, -0.2) is 4.79 Å². The quantitative estimate of drug-likeness (QED) is 0.863. The average Bonchev–Trinajstić information content (AvgIpc) is 2.83. The summed E-state index contributed by atoms with van der Waals surface area (Å²) in [5.74, 6) is 0. The van der Waals surface area contributed by atoms with E-state index in [9.17, 15) is 4.79 Å². The highest BCUT2D eigenvalue weighted by molar-refractivity contribution is 9.10. The zero-order valence-corrected chi connectivity index (χ0v) is 13.6. The van der Waals surface area contributed by atoms with Crippen LogP contribution in [0.25, 0.3) is 0 Å². The fraction of sp³-hybridized carbons (Fsp3) is 0.235. The highest BCUT2D eigenvalue weighted by atomic mass is 79.9. The number of carbonyl (C=O) groups excluding carboxylic acids is 1. The Labute approximate surface area is 133 Å². The molecule has 0 saturated carbocycles. The third-order valence-corrected chi connectivity index (χ3v) is 4.78. The van der Waals surface area contributed by atoms with Gasteiger partial charge in [0.25, 0.3) is 0 Å². The molecule has 3 rings (SSSR count). The van der Waals surface area contributed by atoms with Gasteiger partial charge >= 0.3 is 6.03 Å². The summed E-state index contributed by atoms with van der Waals surface area (Å²) >= 11 is 3.57. The molecule has 2 aromatic rings. The van der Waals surface area contributed by atoms with Gasteiger partial charge in [0.05, 0.1) is 6.04 Å². The van der Waals surface area contributed by atoms with Crippen LogP contribution in [0.5, 0.6) is 0 Å². The molecule has 2 amide bonds. The number of aryl methyl sites for hydroxylation is 1. The average molecular weight is 345 g/mol. The summed E-state index contributed by atoms with van der Waals surface area (Å²) in [6.07, 6.45) is 0. The van der Waals surface area contributed by atoms with E-state index in [4.69, 9.17) is 0 Å². The fourth-order valence-electron chi connectivity index (χ4n) is 2.81. The Bertz CT molecular complexity index is 699. The van der Waals surface area contributed by atoms with Gasteiger partial charge in [0.15, 0.2) is 0 Å². The molecule has 1 unspecified atom stereocenters. The molecule has 1 N–H and O–H groups in total. The molecular formula is C17H17BrN2O. The second-order valence-corrected chi connectivity index (χ2v) is 6.22. The molecule has 1 saturated heterocycles. The van der Waals surface area contributed by atoms with Crippen molar-refractivity contribution in [3.63, 3.8) is 0 Å². The van der Waals surface area contributed by atoms with Gasteiger partial charge in [0.2, 0.25) is 0 Å². The van der Waals surface area contributed by atoms with Crippen LogP contribution in [0.3, 0.4) is 0 Å². The zero-order chi connectivity index (χ0) is 15.0. The van der Waals surface area contributed by atoms with Crippen molar-refractivity contribution in [1.29, 1.82) is 0 Å². The van der Waals surface area contributed by atoms with Gasteiger partial charge in [-0.2, -0.15) is 0 Å². The van der Waals surface area contributed by atoms with Crippen LogP contribution < -0.4 is 10.2 Å². The van der Waals surface area contributed by atoms with Crippen LogP contribution in [0.2, 0.25) is 0 Å². The van der Waals surface area contributed by atoms with Crippen molar-refractivity contribution in [3.8, 4) is 0 Å². The van der Waals surface area contributed by atoms with Gasteiger partial charge in [-0.15, -0.1) is 0 Å². The van der Waals surface area contributed by atoms with E-state index in [1.54, 1.807) is 0 Å². The molecule has 1 aliphatic heterocycles. The highest BCUT2D eigenvalue weighted by Crippen LogP contribution is 2.34. The number of benzene rings is 2. The number of nitrogens with zero attached hydrogens (tertiary/aromatic N) is 1. The molecular weight excluding hydrogens is 328 g/mol. The number of amides is 2. The number of hydrogen-bond donors (Lipinski definition) is 1. The molecule has 0 bridgehead atoms. The van der Waals surface area contributed by atoms with Crippen LogP contribution in [-0.4, -0.2) is 12.6 Å². The first-order valence-corrected chi connectivity index (χ1v) is 7.76. The van der Waals surface area contributed by atoms with Gasteiger partial charge in [-0.3, -0.25) is 4.90 Å². The first-order chi connectivity index (χ1) is 10.1. The van der Waals surface area contributed by atoms with E-state index < -0.39 is 0 Å². The molecule has 1 aliphatic rings. The summed E-state index contributed by atoms with van der Waals surface area (Å²) in [5, 5.41) is 2.95. The molecule has 0 spiro atoms. The van der Waals surface area contributed by atoms with E-state index in [0.29, 0.717) is 6.54 Å². The van der Waals surface area contributed by atoms with Gasteiger partial charge in [0, 0.05) is 16.7 Å². The van der Waals surface area contributed by atoms with Crippen molar-refractivity contribution >= 4 is 27.6 Å². The molecule has 0 aliphatic carbocycles. The Morgan fingerprint density at radius 1 is 1.19 bits per heavy atom. The maximum absolute atomic E-state index is 12.3. The molecule has 4 heteroatoms. The lowest BCUT2D eigenvalue weighted by molar-refractivity contribution is 0.251. The van der Waals surface area contributed by atoms with E-state index in [0.717, 1.165) is 15.7 Å². The summed E-state index contributed by atoms with van der Waals surface area (Å²) in [6, 6.07) is 14.2. The Morgan fingerprint density at radius 3 is 2.71 bits per heavy atom. The Morgan fingerprint density at radius 2 is 1.95 bits per heavy atom. The summed E-state index contributed by atoms with van der Waals surface area (Å²) in [5.41, 5.74) is 4.44. The number of hydrogen-bond acceptors (Lipinski definition) is 1. The van der Waals surface area contributed by atoms with Crippen molar-refractivity contribution in [2.24, 2.45) is 0 Å². The molecule has 1 atom stereocenters. The highest BCUT2D eigenvalue weighted by Gasteiger charge is 2.34. The largest absolute Gasteiger partial charge is 0.335 e. The van der Waals surface area contributed by atoms with Gasteiger partial charge < -0.3 is 5.32 Å². The topological polar surface area (TPSA) is 32.3 Å². The third kappa shape index (κ3) is 2.56. The Kier molecular flexibility index (Phi) is 3.72. The van der Waals surface area contributed by atoms with Crippen molar-refractivity contribution in [2.75, 3.05) is 11.4 Å². The maximum Gasteiger partial charge on any atom is 0.322 e. The summed E-state index contributed by atoms with van der Waals surface area (Å²) in [6.45, 7) is 4.75. The van der Waals surface area contributed by atoms with Crippen molar-refractivity contribution in [2.45, 2.75) is 19.9 Å². The van der Waals surface area contributed by atoms with Crippen molar-refractivity contribution < 1.29 is 4.79 Å². The second-order valence-electron chi connectivity index (χ2n) is 5.36. The third-order valence-electron chi connectivity index (χ3n) is 3.93. The standard InChI is InChI=1S/C17H17BrN2O/c1-11-5-3-6-13(9-11)20-16(10-19-17(20)21)14-7-4-8-15(18)12(14)2/h3-9,16H,10H2,1-2H3,(H,19,21). The minimum Gasteiger partial charge on any atom is -0.335 e. The predicted octanol–water partition coefficient (Wildman–Crippen LogP) is 4.34. The van der Waals surface area contributed by atoms with E-state index in [-0.39, 0.29) is 12.1 Å². The number of nitrogens with one attached hydrogen (secondary N) is 1. The Balaban J connectivity index is 2.06. The lowest BCUT2D eigenvalue weighted by Gasteiger charge is -2.25. The summed E-state index contributed by atoms with van der Waals surface area (Å²) in [4.78, 5) is 14.1. The molecule has 3 nitrogen and oxygen atoms in total. The minimum absolute atomic E-state index is 0.0248. The molecule has 21 heavy (non-hydrogen) atoms. The number of rotatable bonds is 2. The predicted molar refractivity (Wildman–Crippen MR) is 88.7 cm³/mol. The SMILES string of the molecule is Cc1cccc(N2C(=O)NCC2c2cccc(Br)c2C)c1. The number of urea groups is 1. The first kappa shape index (κ1) is 14.1. The summed E-state index contributed by atoms with van der Waals surface area (Å²) in [7, 11) is 0.